The number of ether oxygens (including phenoxy) is 1. The fourth-order valence-electron chi connectivity index (χ4n) is 3.05. The summed E-state index contributed by atoms with van der Waals surface area (Å²) in [6.07, 6.45) is 8.20. The van der Waals surface area contributed by atoms with Crippen LogP contribution in [0.1, 0.15) is 44.5 Å². The Bertz CT molecular complexity index is 495. The number of amides is 1. The number of carbonyl (C=O) groups excluding carboxylic acids is 1. The number of likely N-dealkylation sites (tertiary alicyclic amines) is 1. The fraction of sp³-hybridized carbons (Fsp3) is 0.750. The van der Waals surface area contributed by atoms with Crippen LogP contribution < -0.4 is 0 Å². The number of hydrogen-bond donors (Lipinski definition) is 0. The lowest BCUT2D eigenvalue weighted by Gasteiger charge is -2.35. The average Bonchev–Trinajstić information content (AvgIpc) is 3.24. The van der Waals surface area contributed by atoms with Crippen molar-refractivity contribution >= 4 is 5.91 Å². The van der Waals surface area contributed by atoms with Crippen LogP contribution in [0.2, 0.25) is 0 Å². The summed E-state index contributed by atoms with van der Waals surface area (Å²) in [5, 5.41) is 0. The Hall–Kier alpha value is -1.36. The molecule has 0 radical (unpaired) electrons. The number of nitrogens with zero attached hydrogens (tertiary/aromatic N) is 3. The molecular formula is C16H25N3O2. The Balaban J connectivity index is 1.57. The highest BCUT2D eigenvalue weighted by Gasteiger charge is 2.30. The van der Waals surface area contributed by atoms with E-state index in [0.29, 0.717) is 12.0 Å². The molecule has 1 aliphatic heterocycles. The number of carbonyl (C=O) groups is 1. The van der Waals surface area contributed by atoms with Gasteiger partial charge in [0.1, 0.15) is 11.9 Å². The van der Waals surface area contributed by atoms with Gasteiger partial charge in [0, 0.05) is 25.5 Å². The number of imidazole rings is 1. The van der Waals surface area contributed by atoms with Gasteiger partial charge in [-0.15, -0.1) is 0 Å². The minimum absolute atomic E-state index is 0.137. The lowest BCUT2D eigenvalue weighted by Crippen LogP contribution is -2.45. The topological polar surface area (TPSA) is 47.4 Å². The molecule has 1 aliphatic carbocycles. The van der Waals surface area contributed by atoms with E-state index in [0.717, 1.165) is 38.4 Å². The fourth-order valence-corrected chi connectivity index (χ4v) is 3.05. The van der Waals surface area contributed by atoms with Crippen LogP contribution in [0.4, 0.5) is 0 Å². The van der Waals surface area contributed by atoms with Crippen molar-refractivity contribution in [1.82, 2.24) is 14.5 Å². The molecule has 0 N–H and O–H groups in total. The quantitative estimate of drug-likeness (QED) is 0.835. The smallest absolute Gasteiger partial charge is 0.251 e. The second-order valence-corrected chi connectivity index (χ2v) is 6.38. The molecule has 1 aromatic rings. The largest absolute Gasteiger partial charge is 0.368 e. The lowest BCUT2D eigenvalue weighted by atomic mass is 10.0. The molecule has 2 fully saturated rings. The third kappa shape index (κ3) is 3.46. The molecule has 3 rings (SSSR count). The van der Waals surface area contributed by atoms with Crippen molar-refractivity contribution in [2.24, 2.45) is 5.92 Å². The van der Waals surface area contributed by atoms with E-state index in [2.05, 4.69) is 9.55 Å². The molecule has 1 aromatic heterocycles. The zero-order valence-corrected chi connectivity index (χ0v) is 13.0. The molecule has 0 unspecified atom stereocenters. The average molecular weight is 291 g/mol. The predicted octanol–water partition coefficient (Wildman–Crippen LogP) is 2.17. The summed E-state index contributed by atoms with van der Waals surface area (Å²) >= 11 is 0. The highest BCUT2D eigenvalue weighted by atomic mass is 16.5. The summed E-state index contributed by atoms with van der Waals surface area (Å²) in [4.78, 5) is 18.8. The first-order valence-corrected chi connectivity index (χ1v) is 8.05. The van der Waals surface area contributed by atoms with E-state index in [1.165, 1.54) is 12.8 Å². The third-order valence-electron chi connectivity index (χ3n) is 4.59. The first kappa shape index (κ1) is 14.6. The van der Waals surface area contributed by atoms with Gasteiger partial charge in [0.05, 0.1) is 12.6 Å². The van der Waals surface area contributed by atoms with Crippen molar-refractivity contribution in [3.8, 4) is 0 Å². The minimum Gasteiger partial charge on any atom is -0.368 e. The number of hydrogen-bond acceptors (Lipinski definition) is 3. The van der Waals surface area contributed by atoms with Crippen molar-refractivity contribution in [2.75, 3.05) is 19.7 Å². The number of piperidine rings is 1. The number of aromatic nitrogens is 2. The van der Waals surface area contributed by atoms with E-state index >= 15 is 0 Å². The molecule has 0 spiro atoms. The first-order valence-electron chi connectivity index (χ1n) is 8.05. The van der Waals surface area contributed by atoms with Crippen molar-refractivity contribution in [1.29, 1.82) is 0 Å². The van der Waals surface area contributed by atoms with Crippen LogP contribution >= 0.6 is 0 Å². The summed E-state index contributed by atoms with van der Waals surface area (Å²) in [5.74, 6) is 1.86. The van der Waals surface area contributed by atoms with Crippen molar-refractivity contribution < 1.29 is 9.53 Å². The van der Waals surface area contributed by atoms with Gasteiger partial charge in [0.15, 0.2) is 0 Å². The van der Waals surface area contributed by atoms with Crippen LogP contribution in [0.25, 0.3) is 0 Å². The SMILES string of the molecule is Cc1nccn1[C@H]1CCCN(C(=O)[C@@H](C)OCC2CC2)C1. The monoisotopic (exact) mass is 291 g/mol. The molecule has 0 aromatic carbocycles. The maximum absolute atomic E-state index is 12.5. The van der Waals surface area contributed by atoms with Gasteiger partial charge in [-0.2, -0.15) is 0 Å². The third-order valence-corrected chi connectivity index (χ3v) is 4.59. The number of aryl methyl sites for hydroxylation is 1. The highest BCUT2D eigenvalue weighted by molar-refractivity contribution is 5.80. The maximum Gasteiger partial charge on any atom is 0.251 e. The second kappa shape index (κ2) is 6.18. The van der Waals surface area contributed by atoms with Gasteiger partial charge in [-0.1, -0.05) is 0 Å². The molecule has 1 amide bonds. The van der Waals surface area contributed by atoms with Crippen LogP contribution in [0.15, 0.2) is 12.4 Å². The van der Waals surface area contributed by atoms with Gasteiger partial charge in [0.25, 0.3) is 5.91 Å². The lowest BCUT2D eigenvalue weighted by molar-refractivity contribution is -0.144. The molecule has 2 aliphatic rings. The standard InChI is InChI=1S/C16H25N3O2/c1-12(21-11-14-5-6-14)16(20)18-8-3-4-15(10-18)19-9-7-17-13(19)2/h7,9,12,14-15H,3-6,8,10-11H2,1-2H3/t12-,15+/m1/s1. The Labute approximate surface area is 126 Å². The van der Waals surface area contributed by atoms with E-state index in [1.54, 1.807) is 0 Å². The second-order valence-electron chi connectivity index (χ2n) is 6.38. The van der Waals surface area contributed by atoms with Gasteiger partial charge >= 0.3 is 0 Å². The summed E-state index contributed by atoms with van der Waals surface area (Å²) in [6, 6.07) is 0.348. The summed E-state index contributed by atoms with van der Waals surface area (Å²) in [5.41, 5.74) is 0. The summed E-state index contributed by atoms with van der Waals surface area (Å²) < 4.78 is 7.91. The molecule has 1 saturated heterocycles. The van der Waals surface area contributed by atoms with Crippen molar-refractivity contribution in [3.05, 3.63) is 18.2 Å². The van der Waals surface area contributed by atoms with E-state index in [9.17, 15) is 4.79 Å². The van der Waals surface area contributed by atoms with E-state index in [4.69, 9.17) is 4.74 Å². The summed E-state index contributed by atoms with van der Waals surface area (Å²) in [7, 11) is 0. The van der Waals surface area contributed by atoms with Crippen LogP contribution in [0.5, 0.6) is 0 Å². The Morgan fingerprint density at radius 3 is 2.95 bits per heavy atom. The van der Waals surface area contributed by atoms with Gasteiger partial charge < -0.3 is 14.2 Å². The highest BCUT2D eigenvalue weighted by Crippen LogP contribution is 2.29. The molecule has 1 saturated carbocycles. The molecule has 0 bridgehead atoms. The van der Waals surface area contributed by atoms with Crippen molar-refractivity contribution in [2.45, 2.75) is 51.7 Å². The molecule has 2 heterocycles. The molecule has 21 heavy (non-hydrogen) atoms. The van der Waals surface area contributed by atoms with Crippen LogP contribution in [0.3, 0.4) is 0 Å². The first-order chi connectivity index (χ1) is 10.1. The zero-order valence-electron chi connectivity index (χ0n) is 13.0. The maximum atomic E-state index is 12.5. The number of rotatable bonds is 5. The van der Waals surface area contributed by atoms with Crippen LogP contribution in [-0.2, 0) is 9.53 Å². The van der Waals surface area contributed by atoms with Gasteiger partial charge in [0.2, 0.25) is 0 Å². The molecule has 5 heteroatoms. The van der Waals surface area contributed by atoms with Crippen molar-refractivity contribution in [3.63, 3.8) is 0 Å². The molecule has 5 nitrogen and oxygen atoms in total. The van der Waals surface area contributed by atoms with Gasteiger partial charge in [-0.05, 0) is 45.4 Å². The Morgan fingerprint density at radius 1 is 1.48 bits per heavy atom. The van der Waals surface area contributed by atoms with E-state index < -0.39 is 0 Å². The zero-order chi connectivity index (χ0) is 14.8. The predicted molar refractivity (Wildman–Crippen MR) is 80.0 cm³/mol. The van der Waals surface area contributed by atoms with Gasteiger partial charge in [-0.3, -0.25) is 4.79 Å². The van der Waals surface area contributed by atoms with E-state index in [1.807, 2.05) is 31.1 Å². The van der Waals surface area contributed by atoms with Crippen LogP contribution in [-0.4, -0.2) is 46.2 Å². The molecule has 2 atom stereocenters. The Morgan fingerprint density at radius 2 is 2.29 bits per heavy atom. The summed E-state index contributed by atoms with van der Waals surface area (Å²) in [6.45, 7) is 6.26. The molecule has 116 valence electrons. The minimum atomic E-state index is -0.312. The van der Waals surface area contributed by atoms with E-state index in [-0.39, 0.29) is 12.0 Å². The van der Waals surface area contributed by atoms with Gasteiger partial charge in [-0.25, -0.2) is 4.98 Å². The normalized spacial score (nSPS) is 24.1. The van der Waals surface area contributed by atoms with Crippen LogP contribution in [0, 0.1) is 12.8 Å². The Kier molecular flexibility index (Phi) is 4.29. The molecular weight excluding hydrogens is 266 g/mol.